The molecule has 0 bridgehead atoms. The highest BCUT2D eigenvalue weighted by molar-refractivity contribution is 7.88. The molecule has 6 nitrogen and oxygen atoms in total. The Kier molecular flexibility index (Phi) is 4.69. The van der Waals surface area contributed by atoms with E-state index in [4.69, 9.17) is 0 Å². The molecule has 1 heterocycles. The Bertz CT molecular complexity index is 334. The van der Waals surface area contributed by atoms with Gasteiger partial charge >= 0.3 is 0 Å². The molecule has 1 fully saturated rings. The van der Waals surface area contributed by atoms with Gasteiger partial charge in [-0.15, -0.1) is 0 Å². The molecule has 0 aromatic carbocycles. The lowest BCUT2D eigenvalue weighted by Crippen LogP contribution is -2.46. The van der Waals surface area contributed by atoms with E-state index in [9.17, 15) is 13.2 Å². The van der Waals surface area contributed by atoms with Gasteiger partial charge in [0.05, 0.1) is 12.8 Å². The molecule has 0 atom stereocenters. The van der Waals surface area contributed by atoms with Crippen LogP contribution >= 0.6 is 0 Å². The van der Waals surface area contributed by atoms with E-state index in [2.05, 4.69) is 10.0 Å². The van der Waals surface area contributed by atoms with Gasteiger partial charge in [-0.3, -0.25) is 9.69 Å². The average Bonchev–Trinajstić information content (AvgIpc) is 2.18. The van der Waals surface area contributed by atoms with Gasteiger partial charge in [0.25, 0.3) is 0 Å². The number of sulfonamides is 1. The highest BCUT2D eigenvalue weighted by atomic mass is 32.2. The normalized spacial score (nSPS) is 19.6. The minimum Gasteiger partial charge on any atom is -0.358 e. The lowest BCUT2D eigenvalue weighted by molar-refractivity contribution is -0.122. The van der Waals surface area contributed by atoms with Gasteiger partial charge in [0.15, 0.2) is 0 Å². The van der Waals surface area contributed by atoms with Crippen molar-refractivity contribution >= 4 is 15.9 Å². The number of hydrogen-bond donors (Lipinski definition) is 2. The van der Waals surface area contributed by atoms with Gasteiger partial charge in [-0.2, -0.15) is 0 Å². The number of hydrogen-bond acceptors (Lipinski definition) is 4. The summed E-state index contributed by atoms with van der Waals surface area (Å²) in [6, 6.07) is 0.0101. The molecule has 0 spiro atoms. The first-order chi connectivity index (χ1) is 7.40. The molecule has 0 aliphatic carbocycles. The number of amides is 1. The SMILES string of the molecule is CNC(=O)CN1CCC(NS(C)(=O)=O)CC1. The van der Waals surface area contributed by atoms with Crippen LogP contribution in [0.15, 0.2) is 0 Å². The Morgan fingerprint density at radius 2 is 1.94 bits per heavy atom. The maximum Gasteiger partial charge on any atom is 0.233 e. The van der Waals surface area contributed by atoms with Crippen molar-refractivity contribution in [1.29, 1.82) is 0 Å². The zero-order valence-corrected chi connectivity index (χ0v) is 10.5. The van der Waals surface area contributed by atoms with E-state index in [1.54, 1.807) is 7.05 Å². The fourth-order valence-electron chi connectivity index (χ4n) is 1.79. The Hall–Kier alpha value is -0.660. The number of rotatable bonds is 4. The molecule has 7 heteroatoms. The molecule has 1 aliphatic heterocycles. The molecule has 1 saturated heterocycles. The van der Waals surface area contributed by atoms with Gasteiger partial charge in [-0.25, -0.2) is 13.1 Å². The molecule has 0 unspecified atom stereocenters. The largest absolute Gasteiger partial charge is 0.358 e. The number of likely N-dealkylation sites (N-methyl/N-ethyl adjacent to an activating group) is 1. The summed E-state index contributed by atoms with van der Waals surface area (Å²) in [7, 11) is -1.51. The Balaban J connectivity index is 2.31. The summed E-state index contributed by atoms with van der Waals surface area (Å²) in [6.07, 6.45) is 2.68. The third-order valence-corrected chi connectivity index (χ3v) is 3.38. The summed E-state index contributed by atoms with van der Waals surface area (Å²) in [5.41, 5.74) is 0. The van der Waals surface area contributed by atoms with E-state index >= 15 is 0 Å². The van der Waals surface area contributed by atoms with Crippen molar-refractivity contribution in [3.05, 3.63) is 0 Å². The molecule has 2 N–H and O–H groups in total. The predicted molar refractivity (Wildman–Crippen MR) is 61.5 cm³/mol. The summed E-state index contributed by atoms with van der Waals surface area (Å²) in [4.78, 5) is 13.2. The van der Waals surface area contributed by atoms with Crippen molar-refractivity contribution in [3.63, 3.8) is 0 Å². The highest BCUT2D eigenvalue weighted by Crippen LogP contribution is 2.10. The third kappa shape index (κ3) is 4.91. The van der Waals surface area contributed by atoms with E-state index in [0.29, 0.717) is 6.54 Å². The smallest absolute Gasteiger partial charge is 0.233 e. The fraction of sp³-hybridized carbons (Fsp3) is 0.889. The molecule has 0 radical (unpaired) electrons. The first-order valence-electron chi connectivity index (χ1n) is 5.31. The van der Waals surface area contributed by atoms with E-state index < -0.39 is 10.0 Å². The minimum atomic E-state index is -3.12. The van der Waals surface area contributed by atoms with Crippen molar-refractivity contribution in [1.82, 2.24) is 14.9 Å². The monoisotopic (exact) mass is 249 g/mol. The summed E-state index contributed by atoms with van der Waals surface area (Å²) >= 11 is 0. The van der Waals surface area contributed by atoms with Crippen molar-refractivity contribution in [2.45, 2.75) is 18.9 Å². The molecule has 0 aromatic rings. The molecular weight excluding hydrogens is 230 g/mol. The zero-order valence-electron chi connectivity index (χ0n) is 9.69. The van der Waals surface area contributed by atoms with E-state index in [1.165, 1.54) is 6.26 Å². The highest BCUT2D eigenvalue weighted by Gasteiger charge is 2.22. The van der Waals surface area contributed by atoms with Crippen molar-refractivity contribution < 1.29 is 13.2 Å². The second kappa shape index (κ2) is 5.60. The van der Waals surface area contributed by atoms with Crippen LogP contribution in [-0.4, -0.2) is 58.2 Å². The molecule has 16 heavy (non-hydrogen) atoms. The molecule has 1 amide bonds. The van der Waals surface area contributed by atoms with Crippen LogP contribution in [0, 0.1) is 0 Å². The quantitative estimate of drug-likeness (QED) is 0.652. The molecule has 0 saturated carbocycles. The lowest BCUT2D eigenvalue weighted by Gasteiger charge is -2.31. The van der Waals surface area contributed by atoms with Crippen LogP contribution in [0.5, 0.6) is 0 Å². The van der Waals surface area contributed by atoms with Crippen LogP contribution in [0.2, 0.25) is 0 Å². The molecular formula is C9H19N3O3S. The average molecular weight is 249 g/mol. The predicted octanol–water partition coefficient (Wildman–Crippen LogP) is -1.25. The van der Waals surface area contributed by atoms with Gasteiger partial charge in [-0.05, 0) is 12.8 Å². The number of nitrogens with one attached hydrogen (secondary N) is 2. The van der Waals surface area contributed by atoms with Crippen LogP contribution in [-0.2, 0) is 14.8 Å². The van der Waals surface area contributed by atoms with Crippen LogP contribution < -0.4 is 10.0 Å². The van der Waals surface area contributed by atoms with Gasteiger partial charge in [-0.1, -0.05) is 0 Å². The first kappa shape index (κ1) is 13.4. The summed E-state index contributed by atoms with van der Waals surface area (Å²) < 4.78 is 24.6. The van der Waals surface area contributed by atoms with Crippen molar-refractivity contribution in [2.24, 2.45) is 0 Å². The van der Waals surface area contributed by atoms with Crippen LogP contribution in [0.3, 0.4) is 0 Å². The molecule has 1 aliphatic rings. The van der Waals surface area contributed by atoms with Crippen LogP contribution in [0.25, 0.3) is 0 Å². The van der Waals surface area contributed by atoms with Gasteiger partial charge < -0.3 is 5.32 Å². The maximum absolute atomic E-state index is 11.1. The lowest BCUT2D eigenvalue weighted by atomic mass is 10.1. The summed E-state index contributed by atoms with van der Waals surface area (Å²) in [6.45, 7) is 1.89. The zero-order chi connectivity index (χ0) is 12.2. The number of piperidine rings is 1. The van der Waals surface area contributed by atoms with Gasteiger partial charge in [0, 0.05) is 26.2 Å². The maximum atomic E-state index is 11.1. The number of carbonyl (C=O) groups excluding carboxylic acids is 1. The third-order valence-electron chi connectivity index (χ3n) is 2.61. The van der Waals surface area contributed by atoms with E-state index in [-0.39, 0.29) is 11.9 Å². The molecule has 94 valence electrons. The van der Waals surface area contributed by atoms with Crippen LogP contribution in [0.1, 0.15) is 12.8 Å². The second-order valence-corrected chi connectivity index (χ2v) is 5.89. The number of carbonyl (C=O) groups is 1. The first-order valence-corrected chi connectivity index (χ1v) is 7.20. The van der Waals surface area contributed by atoms with Crippen molar-refractivity contribution in [3.8, 4) is 0 Å². The number of likely N-dealkylation sites (tertiary alicyclic amines) is 1. The minimum absolute atomic E-state index is 0.00507. The van der Waals surface area contributed by atoms with E-state index in [0.717, 1.165) is 25.9 Å². The Morgan fingerprint density at radius 3 is 2.38 bits per heavy atom. The topological polar surface area (TPSA) is 78.5 Å². The van der Waals surface area contributed by atoms with Gasteiger partial charge in [0.2, 0.25) is 15.9 Å². The van der Waals surface area contributed by atoms with Crippen molar-refractivity contribution in [2.75, 3.05) is 32.9 Å². The molecule has 1 rings (SSSR count). The fourth-order valence-corrected chi connectivity index (χ4v) is 2.64. The standard InChI is InChI=1S/C9H19N3O3S/c1-10-9(13)7-12-5-3-8(4-6-12)11-16(2,14)15/h8,11H,3-7H2,1-2H3,(H,10,13). The van der Waals surface area contributed by atoms with Gasteiger partial charge in [0.1, 0.15) is 0 Å². The second-order valence-electron chi connectivity index (χ2n) is 4.11. The Labute approximate surface area is 96.4 Å². The Morgan fingerprint density at radius 1 is 1.38 bits per heavy atom. The summed E-state index contributed by atoms with van der Waals surface area (Å²) in [5, 5.41) is 2.57. The molecule has 0 aromatic heterocycles. The number of nitrogens with zero attached hydrogens (tertiary/aromatic N) is 1. The summed E-state index contributed by atoms with van der Waals surface area (Å²) in [5.74, 6) is -0.00507. The van der Waals surface area contributed by atoms with E-state index in [1.807, 2.05) is 4.90 Å². The van der Waals surface area contributed by atoms with Crippen LogP contribution in [0.4, 0.5) is 0 Å².